The highest BCUT2D eigenvalue weighted by Gasteiger charge is 2.15. The smallest absolute Gasteiger partial charge is 0.195 e. The highest BCUT2D eigenvalue weighted by Crippen LogP contribution is 2.29. The minimum atomic E-state index is 0.501. The van der Waals surface area contributed by atoms with Gasteiger partial charge in [0.15, 0.2) is 10.6 Å². The Morgan fingerprint density at radius 1 is 1.37 bits per heavy atom. The topological polar surface area (TPSA) is 46.8 Å². The van der Waals surface area contributed by atoms with Gasteiger partial charge in [-0.2, -0.15) is 5.10 Å². The number of H-pyrrole nitrogens is 1. The minimum absolute atomic E-state index is 0.501. The standard InChI is InChI=1S/C14H15N3OS/c1-9(2)7-17-13(15-16-14(17)19)11-8-18-12-6-4-3-5-10(11)12/h3-6,8-9H,7H2,1-2H3,(H,16,19). The van der Waals surface area contributed by atoms with Gasteiger partial charge in [0.1, 0.15) is 11.8 Å². The molecule has 19 heavy (non-hydrogen) atoms. The number of benzene rings is 1. The SMILES string of the molecule is CC(C)Cn1c(-c2coc3ccccc23)n[nH]c1=S. The van der Waals surface area contributed by atoms with E-state index in [2.05, 4.69) is 24.0 Å². The van der Waals surface area contributed by atoms with Crippen LogP contribution in [0.1, 0.15) is 13.8 Å². The molecule has 0 unspecified atom stereocenters. The van der Waals surface area contributed by atoms with Gasteiger partial charge in [-0.3, -0.25) is 9.67 Å². The van der Waals surface area contributed by atoms with Crippen LogP contribution < -0.4 is 0 Å². The Hall–Kier alpha value is -1.88. The molecule has 1 aromatic carbocycles. The predicted octanol–water partition coefficient (Wildman–Crippen LogP) is 4.01. The average molecular weight is 273 g/mol. The quantitative estimate of drug-likeness (QED) is 0.733. The second-order valence-electron chi connectivity index (χ2n) is 5.00. The molecule has 3 aromatic rings. The molecule has 0 amide bonds. The van der Waals surface area contributed by atoms with Crippen LogP contribution in [0.25, 0.3) is 22.4 Å². The summed E-state index contributed by atoms with van der Waals surface area (Å²) < 4.78 is 8.24. The summed E-state index contributed by atoms with van der Waals surface area (Å²) in [5, 5.41) is 8.27. The van der Waals surface area contributed by atoms with E-state index in [1.165, 1.54) is 0 Å². The Morgan fingerprint density at radius 2 is 2.16 bits per heavy atom. The second kappa shape index (κ2) is 4.66. The lowest BCUT2D eigenvalue weighted by molar-refractivity contribution is 0.521. The largest absolute Gasteiger partial charge is 0.464 e. The van der Waals surface area contributed by atoms with Crippen LogP contribution in [0.4, 0.5) is 0 Å². The van der Waals surface area contributed by atoms with Gasteiger partial charge < -0.3 is 4.42 Å². The molecule has 0 radical (unpaired) electrons. The van der Waals surface area contributed by atoms with Crippen LogP contribution in [0.2, 0.25) is 0 Å². The highest BCUT2D eigenvalue weighted by atomic mass is 32.1. The minimum Gasteiger partial charge on any atom is -0.464 e. The summed E-state index contributed by atoms with van der Waals surface area (Å²) in [5.74, 6) is 1.34. The van der Waals surface area contributed by atoms with Crippen LogP contribution in [0, 0.1) is 10.7 Å². The number of aromatic nitrogens is 3. The lowest BCUT2D eigenvalue weighted by atomic mass is 10.1. The average Bonchev–Trinajstić information content (AvgIpc) is 2.94. The van der Waals surface area contributed by atoms with Crippen LogP contribution in [0.5, 0.6) is 0 Å². The summed E-state index contributed by atoms with van der Waals surface area (Å²) in [5.41, 5.74) is 1.84. The fourth-order valence-electron chi connectivity index (χ4n) is 2.21. The van der Waals surface area contributed by atoms with E-state index in [-0.39, 0.29) is 0 Å². The zero-order chi connectivity index (χ0) is 13.4. The van der Waals surface area contributed by atoms with E-state index < -0.39 is 0 Å². The van der Waals surface area contributed by atoms with E-state index in [9.17, 15) is 0 Å². The van der Waals surface area contributed by atoms with Crippen LogP contribution >= 0.6 is 12.2 Å². The molecule has 0 bridgehead atoms. The molecule has 2 aromatic heterocycles. The lowest BCUT2D eigenvalue weighted by Crippen LogP contribution is -2.06. The van der Waals surface area contributed by atoms with E-state index in [1.807, 2.05) is 28.8 Å². The molecule has 0 saturated carbocycles. The van der Waals surface area contributed by atoms with Crippen molar-refractivity contribution in [2.24, 2.45) is 5.92 Å². The van der Waals surface area contributed by atoms with Crippen molar-refractivity contribution in [3.8, 4) is 11.4 Å². The van der Waals surface area contributed by atoms with E-state index >= 15 is 0 Å². The zero-order valence-corrected chi connectivity index (χ0v) is 11.7. The molecule has 0 aliphatic heterocycles. The molecule has 0 fully saturated rings. The van der Waals surface area contributed by atoms with Crippen molar-refractivity contribution >= 4 is 23.2 Å². The first-order valence-corrected chi connectivity index (χ1v) is 6.69. The molecule has 4 nitrogen and oxygen atoms in total. The van der Waals surface area contributed by atoms with Gasteiger partial charge >= 0.3 is 0 Å². The number of para-hydroxylation sites is 1. The number of aromatic amines is 1. The molecule has 5 heteroatoms. The van der Waals surface area contributed by atoms with Crippen LogP contribution in [0.15, 0.2) is 34.9 Å². The van der Waals surface area contributed by atoms with Gasteiger partial charge in [-0.1, -0.05) is 32.0 Å². The van der Waals surface area contributed by atoms with Crippen molar-refractivity contribution in [3.63, 3.8) is 0 Å². The maximum Gasteiger partial charge on any atom is 0.195 e. The second-order valence-corrected chi connectivity index (χ2v) is 5.39. The monoisotopic (exact) mass is 273 g/mol. The van der Waals surface area contributed by atoms with E-state index in [0.717, 1.165) is 28.9 Å². The number of nitrogens with one attached hydrogen (secondary N) is 1. The number of hydrogen-bond acceptors (Lipinski definition) is 3. The molecule has 0 aliphatic carbocycles. The first-order valence-electron chi connectivity index (χ1n) is 6.28. The Labute approximate surface area is 116 Å². The van der Waals surface area contributed by atoms with Crippen LogP contribution in [-0.2, 0) is 6.54 Å². The number of nitrogens with zero attached hydrogens (tertiary/aromatic N) is 2. The molecule has 3 rings (SSSR count). The maximum atomic E-state index is 5.57. The van der Waals surface area contributed by atoms with E-state index in [0.29, 0.717) is 10.7 Å². The van der Waals surface area contributed by atoms with Gasteiger partial charge in [-0.25, -0.2) is 0 Å². The summed E-state index contributed by atoms with van der Waals surface area (Å²) in [7, 11) is 0. The molecular formula is C14H15N3OS. The third kappa shape index (κ3) is 2.10. The van der Waals surface area contributed by atoms with Crippen LogP contribution in [-0.4, -0.2) is 14.8 Å². The summed E-state index contributed by atoms with van der Waals surface area (Å²) in [6, 6.07) is 7.94. The Balaban J connectivity index is 2.19. The van der Waals surface area contributed by atoms with Crippen molar-refractivity contribution < 1.29 is 4.42 Å². The van der Waals surface area contributed by atoms with Crippen molar-refractivity contribution in [2.45, 2.75) is 20.4 Å². The van der Waals surface area contributed by atoms with Crippen molar-refractivity contribution in [3.05, 3.63) is 35.3 Å². The zero-order valence-electron chi connectivity index (χ0n) is 10.9. The first kappa shape index (κ1) is 12.2. The molecule has 0 saturated heterocycles. The molecular weight excluding hydrogens is 258 g/mol. The Kier molecular flexibility index (Phi) is 2.98. The predicted molar refractivity (Wildman–Crippen MR) is 77.5 cm³/mol. The third-order valence-corrected chi connectivity index (χ3v) is 3.34. The lowest BCUT2D eigenvalue weighted by Gasteiger charge is -2.08. The fraction of sp³-hybridized carbons (Fsp3) is 0.286. The first-order chi connectivity index (χ1) is 9.16. The normalized spacial score (nSPS) is 11.5. The molecule has 2 heterocycles. The molecule has 98 valence electrons. The third-order valence-electron chi connectivity index (χ3n) is 3.03. The van der Waals surface area contributed by atoms with Gasteiger partial charge in [-0.15, -0.1) is 0 Å². The Bertz CT molecular complexity index is 766. The van der Waals surface area contributed by atoms with Gasteiger partial charge in [0.2, 0.25) is 0 Å². The number of furan rings is 1. The van der Waals surface area contributed by atoms with Crippen molar-refractivity contribution in [2.75, 3.05) is 0 Å². The van der Waals surface area contributed by atoms with Crippen molar-refractivity contribution in [1.29, 1.82) is 0 Å². The van der Waals surface area contributed by atoms with Gasteiger partial charge in [0, 0.05) is 11.9 Å². The highest BCUT2D eigenvalue weighted by molar-refractivity contribution is 7.71. The van der Waals surface area contributed by atoms with E-state index in [1.54, 1.807) is 6.26 Å². The number of rotatable bonds is 3. The van der Waals surface area contributed by atoms with E-state index in [4.69, 9.17) is 16.6 Å². The molecule has 0 aliphatic rings. The summed E-state index contributed by atoms with van der Waals surface area (Å²) in [6.07, 6.45) is 1.74. The Morgan fingerprint density at radius 3 is 2.95 bits per heavy atom. The molecule has 1 N–H and O–H groups in total. The molecule has 0 spiro atoms. The van der Waals surface area contributed by atoms with Gasteiger partial charge in [0.25, 0.3) is 0 Å². The van der Waals surface area contributed by atoms with Gasteiger partial charge in [0.05, 0.1) is 5.56 Å². The maximum absolute atomic E-state index is 5.57. The molecule has 0 atom stereocenters. The number of hydrogen-bond donors (Lipinski definition) is 1. The van der Waals surface area contributed by atoms with Crippen LogP contribution in [0.3, 0.4) is 0 Å². The summed E-state index contributed by atoms with van der Waals surface area (Å²) in [4.78, 5) is 0. The van der Waals surface area contributed by atoms with Crippen molar-refractivity contribution in [1.82, 2.24) is 14.8 Å². The fourth-order valence-corrected chi connectivity index (χ4v) is 2.42. The summed E-state index contributed by atoms with van der Waals surface area (Å²) in [6.45, 7) is 5.15. The van der Waals surface area contributed by atoms with Gasteiger partial charge in [-0.05, 0) is 24.2 Å². The number of fused-ring (bicyclic) bond motifs is 1. The summed E-state index contributed by atoms with van der Waals surface area (Å²) >= 11 is 5.30.